The van der Waals surface area contributed by atoms with Gasteiger partial charge in [0.25, 0.3) is 0 Å². The molecule has 0 saturated carbocycles. The zero-order chi connectivity index (χ0) is 9.40. The van der Waals surface area contributed by atoms with E-state index in [-0.39, 0.29) is 0 Å². The van der Waals surface area contributed by atoms with Gasteiger partial charge in [0.1, 0.15) is 0 Å². The molecule has 1 rings (SSSR count). The maximum atomic E-state index is 9.60. The Bertz CT molecular complexity index is 211. The van der Waals surface area contributed by atoms with Gasteiger partial charge >= 0.3 is 38.7 Å². The summed E-state index contributed by atoms with van der Waals surface area (Å²) in [5.74, 6) is 0. The molecular formula is C9H15NOSn. The van der Waals surface area contributed by atoms with E-state index >= 15 is 0 Å². The number of benzene rings is 1. The second-order valence-electron chi connectivity index (χ2n) is 2.79. The van der Waals surface area contributed by atoms with Gasteiger partial charge in [0.15, 0.2) is 0 Å². The summed E-state index contributed by atoms with van der Waals surface area (Å²) in [6.07, 6.45) is 0. The first kappa shape index (κ1) is 11.5. The van der Waals surface area contributed by atoms with Crippen molar-refractivity contribution >= 4 is 29.7 Å². The molecule has 2 N–H and O–H groups in total. The average molecular weight is 272 g/mol. The Morgan fingerprint density at radius 3 is 1.83 bits per heavy atom. The van der Waals surface area contributed by atoms with Crippen molar-refractivity contribution in [3.05, 3.63) is 30.3 Å². The number of para-hydroxylation sites is 1. The van der Waals surface area contributed by atoms with E-state index in [4.69, 9.17) is 5.73 Å². The van der Waals surface area contributed by atoms with Crippen molar-refractivity contribution in [2.24, 2.45) is 0 Å². The Kier molecular flexibility index (Phi) is 6.85. The molecule has 0 unspecified atom stereocenters. The molecule has 66 valence electrons. The molecule has 0 aliphatic rings. The summed E-state index contributed by atoms with van der Waals surface area (Å²) in [4.78, 5) is 13.7. The third-order valence-electron chi connectivity index (χ3n) is 1.07. The van der Waals surface area contributed by atoms with Gasteiger partial charge < -0.3 is 5.73 Å². The minimum absolute atomic E-state index is 0.822. The summed E-state index contributed by atoms with van der Waals surface area (Å²) in [7, 11) is 0. The predicted molar refractivity (Wildman–Crippen MR) is 56.5 cm³/mol. The Hall–Kier alpha value is -0.511. The van der Waals surface area contributed by atoms with Crippen molar-refractivity contribution < 1.29 is 4.79 Å². The third kappa shape index (κ3) is 7.59. The normalized spacial score (nSPS) is 8.58. The van der Waals surface area contributed by atoms with Gasteiger partial charge in [0.05, 0.1) is 0 Å². The molecule has 0 heterocycles. The van der Waals surface area contributed by atoms with Crippen LogP contribution in [0.1, 0.15) is 0 Å². The quantitative estimate of drug-likeness (QED) is 0.478. The molecule has 0 aromatic heterocycles. The SMILES string of the molecule is Nc1ccccc1.[CH3][SnH]([CH3])[CH]=O. The van der Waals surface area contributed by atoms with Gasteiger partial charge in [-0.15, -0.1) is 0 Å². The van der Waals surface area contributed by atoms with E-state index in [1.54, 1.807) is 0 Å². The van der Waals surface area contributed by atoms with Gasteiger partial charge in [-0.2, -0.15) is 0 Å². The van der Waals surface area contributed by atoms with Crippen LogP contribution in [0.2, 0.25) is 9.88 Å². The second kappa shape index (κ2) is 7.15. The second-order valence-corrected chi connectivity index (χ2v) is 10.7. The van der Waals surface area contributed by atoms with E-state index < -0.39 is 19.8 Å². The molecule has 0 bridgehead atoms. The number of nitrogen functional groups attached to an aromatic ring is 1. The molecule has 0 saturated heterocycles. The molecule has 0 radical (unpaired) electrons. The fraction of sp³-hybridized carbons (Fsp3) is 0.222. The van der Waals surface area contributed by atoms with Crippen molar-refractivity contribution in [1.29, 1.82) is 0 Å². The molecule has 0 aliphatic carbocycles. The monoisotopic (exact) mass is 273 g/mol. The van der Waals surface area contributed by atoms with Crippen molar-refractivity contribution in [2.75, 3.05) is 5.73 Å². The molecule has 1 aromatic rings. The number of anilines is 1. The Balaban J connectivity index is 0.000000217. The summed E-state index contributed by atoms with van der Waals surface area (Å²) in [6.45, 7) is 0. The van der Waals surface area contributed by atoms with Gasteiger partial charge in [-0.1, -0.05) is 18.2 Å². The van der Waals surface area contributed by atoms with Crippen LogP contribution < -0.4 is 5.73 Å². The minimum atomic E-state index is -1.36. The van der Waals surface area contributed by atoms with E-state index in [1.165, 1.54) is 0 Å². The number of carbonyl (C=O) groups excluding carboxylic acids is 1. The number of carbonyl (C=O) groups is 1. The van der Waals surface area contributed by atoms with Gasteiger partial charge in [0, 0.05) is 5.69 Å². The van der Waals surface area contributed by atoms with E-state index in [1.807, 2.05) is 30.3 Å². The number of nitrogens with two attached hydrogens (primary N) is 1. The topological polar surface area (TPSA) is 43.1 Å². The number of hydrogen-bond donors (Lipinski definition) is 1. The zero-order valence-electron chi connectivity index (χ0n) is 7.53. The summed E-state index contributed by atoms with van der Waals surface area (Å²) >= 11 is -1.36. The Labute approximate surface area is 80.5 Å². The van der Waals surface area contributed by atoms with Crippen LogP contribution in [0.4, 0.5) is 5.69 Å². The fourth-order valence-electron chi connectivity index (χ4n) is 0.453. The molecule has 0 spiro atoms. The maximum absolute atomic E-state index is 9.60. The van der Waals surface area contributed by atoms with Crippen LogP contribution in [0.5, 0.6) is 0 Å². The van der Waals surface area contributed by atoms with Crippen LogP contribution in [0.25, 0.3) is 0 Å². The van der Waals surface area contributed by atoms with Gasteiger partial charge in [0.2, 0.25) is 0 Å². The van der Waals surface area contributed by atoms with Crippen LogP contribution >= 0.6 is 0 Å². The molecule has 0 fully saturated rings. The van der Waals surface area contributed by atoms with Gasteiger partial charge in [-0.3, -0.25) is 0 Å². The first-order valence-electron chi connectivity index (χ1n) is 3.92. The van der Waals surface area contributed by atoms with Gasteiger partial charge in [-0.05, 0) is 12.1 Å². The van der Waals surface area contributed by atoms with Crippen molar-refractivity contribution in [3.8, 4) is 0 Å². The van der Waals surface area contributed by atoms with Crippen LogP contribution in [-0.4, -0.2) is 24.1 Å². The van der Waals surface area contributed by atoms with Gasteiger partial charge in [-0.25, -0.2) is 0 Å². The van der Waals surface area contributed by atoms with Crippen molar-refractivity contribution in [3.63, 3.8) is 0 Å². The number of hydrogen-bond acceptors (Lipinski definition) is 2. The summed E-state index contributed by atoms with van der Waals surface area (Å²) < 4.78 is 1.13. The molecule has 0 aliphatic heterocycles. The first-order chi connectivity index (χ1) is 5.66. The molecule has 1 aromatic carbocycles. The molecule has 0 amide bonds. The molecule has 3 heteroatoms. The zero-order valence-corrected chi connectivity index (χ0v) is 10.8. The van der Waals surface area contributed by atoms with Crippen LogP contribution in [0.15, 0.2) is 30.3 Å². The molecule has 12 heavy (non-hydrogen) atoms. The fourth-order valence-corrected chi connectivity index (χ4v) is 0.453. The molecule has 2 nitrogen and oxygen atoms in total. The molecule has 0 atom stereocenters. The summed E-state index contributed by atoms with van der Waals surface area (Å²) in [6, 6.07) is 9.49. The third-order valence-corrected chi connectivity index (χ3v) is 2.63. The standard InChI is InChI=1S/C6H7N.CHO.2CH3.Sn.H/c7-6-4-2-1-3-5-6;1-2;;;;/h1-5H,7H2;1H;2*1H3;;. The number of rotatable bonds is 1. The summed E-state index contributed by atoms with van der Waals surface area (Å²) in [5.41, 5.74) is 6.18. The van der Waals surface area contributed by atoms with Crippen LogP contribution in [0, 0.1) is 0 Å². The van der Waals surface area contributed by atoms with E-state index in [9.17, 15) is 4.79 Å². The van der Waals surface area contributed by atoms with E-state index in [2.05, 4.69) is 9.88 Å². The Morgan fingerprint density at radius 1 is 1.25 bits per heavy atom. The Morgan fingerprint density at radius 2 is 1.67 bits per heavy atom. The first-order valence-corrected chi connectivity index (χ1v) is 12.4. The average Bonchev–Trinajstić information content (AvgIpc) is 2.07. The predicted octanol–water partition coefficient (Wildman–Crippen LogP) is 1.51. The summed E-state index contributed by atoms with van der Waals surface area (Å²) in [5, 5.41) is 0. The van der Waals surface area contributed by atoms with Crippen molar-refractivity contribution in [2.45, 2.75) is 9.88 Å². The van der Waals surface area contributed by atoms with E-state index in [0.29, 0.717) is 0 Å². The molecular weight excluding hydrogens is 257 g/mol. The van der Waals surface area contributed by atoms with Crippen LogP contribution in [0.3, 0.4) is 0 Å². The van der Waals surface area contributed by atoms with Crippen LogP contribution in [-0.2, 0) is 4.79 Å². The van der Waals surface area contributed by atoms with E-state index in [0.717, 1.165) is 9.99 Å². The van der Waals surface area contributed by atoms with Crippen molar-refractivity contribution in [1.82, 2.24) is 0 Å².